The van der Waals surface area contributed by atoms with Crippen LogP contribution in [-0.4, -0.2) is 41.6 Å². The normalized spacial score (nSPS) is 21.2. The van der Waals surface area contributed by atoms with Crippen molar-refractivity contribution in [3.05, 3.63) is 17.8 Å². The van der Waals surface area contributed by atoms with Gasteiger partial charge >= 0.3 is 0 Å². The molecule has 1 aromatic rings. The van der Waals surface area contributed by atoms with E-state index in [0.29, 0.717) is 37.2 Å². The third kappa shape index (κ3) is 2.10. The maximum absolute atomic E-state index is 13.8. The van der Waals surface area contributed by atoms with Crippen molar-refractivity contribution in [3.8, 4) is 0 Å². The minimum absolute atomic E-state index is 0.0285. The Balaban J connectivity index is 2.30. The van der Waals surface area contributed by atoms with E-state index in [1.807, 2.05) is 4.90 Å². The van der Waals surface area contributed by atoms with Gasteiger partial charge in [-0.1, -0.05) is 0 Å². The predicted octanol–water partition coefficient (Wildman–Crippen LogP) is 1.37. The highest BCUT2D eigenvalue weighted by Gasteiger charge is 2.26. The molecule has 0 amide bonds. The molecule has 1 aromatic heterocycles. The zero-order valence-corrected chi connectivity index (χ0v) is 9.74. The summed E-state index contributed by atoms with van der Waals surface area (Å²) < 4.78 is 19.1. The third-order valence-electron chi connectivity index (χ3n) is 2.62. The standard InChI is InChI=1S/C10H13ClFN3O/c1-7-9(12)10(14-6-13-7)15-2-3-16-5-8(15)4-11/h6,8H,2-5H2,1H3. The van der Waals surface area contributed by atoms with Gasteiger partial charge in [0.2, 0.25) is 0 Å². The van der Waals surface area contributed by atoms with E-state index < -0.39 is 0 Å². The summed E-state index contributed by atoms with van der Waals surface area (Å²) in [5.41, 5.74) is 0.352. The number of anilines is 1. The molecule has 0 aliphatic carbocycles. The topological polar surface area (TPSA) is 38.2 Å². The number of aromatic nitrogens is 2. The van der Waals surface area contributed by atoms with Crippen molar-refractivity contribution in [2.45, 2.75) is 13.0 Å². The lowest BCUT2D eigenvalue weighted by Gasteiger charge is -2.35. The highest BCUT2D eigenvalue weighted by Crippen LogP contribution is 2.22. The lowest BCUT2D eigenvalue weighted by molar-refractivity contribution is 0.0989. The van der Waals surface area contributed by atoms with Crippen LogP contribution in [0.1, 0.15) is 5.69 Å². The van der Waals surface area contributed by atoms with Crippen molar-refractivity contribution in [1.82, 2.24) is 9.97 Å². The quantitative estimate of drug-likeness (QED) is 0.738. The first-order chi connectivity index (χ1) is 7.74. The molecule has 4 nitrogen and oxygen atoms in total. The summed E-state index contributed by atoms with van der Waals surface area (Å²) in [5.74, 6) is 0.337. The molecule has 0 N–H and O–H groups in total. The molecule has 0 saturated carbocycles. The average Bonchev–Trinajstić information content (AvgIpc) is 2.33. The van der Waals surface area contributed by atoms with Gasteiger partial charge in [0.25, 0.3) is 0 Å². The van der Waals surface area contributed by atoms with E-state index in [1.54, 1.807) is 6.92 Å². The number of hydrogen-bond donors (Lipinski definition) is 0. The van der Waals surface area contributed by atoms with Crippen LogP contribution in [0, 0.1) is 12.7 Å². The van der Waals surface area contributed by atoms with Crippen LogP contribution in [0.5, 0.6) is 0 Å². The van der Waals surface area contributed by atoms with Gasteiger partial charge < -0.3 is 9.64 Å². The fourth-order valence-corrected chi connectivity index (χ4v) is 1.96. The zero-order valence-electron chi connectivity index (χ0n) is 8.99. The molecule has 0 bridgehead atoms. The Hall–Kier alpha value is -0.940. The molecule has 2 heterocycles. The van der Waals surface area contributed by atoms with Crippen LogP contribution in [0.4, 0.5) is 10.2 Å². The number of ether oxygens (including phenoxy) is 1. The Kier molecular flexibility index (Phi) is 3.56. The highest BCUT2D eigenvalue weighted by molar-refractivity contribution is 6.18. The van der Waals surface area contributed by atoms with Crippen LogP contribution < -0.4 is 4.90 Å². The SMILES string of the molecule is Cc1ncnc(N2CCOCC2CCl)c1F. The van der Waals surface area contributed by atoms with Crippen molar-refractivity contribution >= 4 is 17.4 Å². The molecular formula is C10H13ClFN3O. The first kappa shape index (κ1) is 11.5. The lowest BCUT2D eigenvalue weighted by atomic mass is 10.2. The second-order valence-electron chi connectivity index (χ2n) is 3.67. The molecule has 2 rings (SSSR count). The van der Waals surface area contributed by atoms with Crippen molar-refractivity contribution in [2.24, 2.45) is 0 Å². The van der Waals surface area contributed by atoms with Crippen LogP contribution in [0.15, 0.2) is 6.33 Å². The van der Waals surface area contributed by atoms with E-state index >= 15 is 0 Å². The summed E-state index contributed by atoms with van der Waals surface area (Å²) in [7, 11) is 0. The maximum Gasteiger partial charge on any atom is 0.186 e. The molecule has 1 fully saturated rings. The summed E-state index contributed by atoms with van der Waals surface area (Å²) in [6.45, 7) is 3.29. The largest absolute Gasteiger partial charge is 0.377 e. The summed E-state index contributed by atoms with van der Waals surface area (Å²) in [6.07, 6.45) is 1.37. The van der Waals surface area contributed by atoms with Gasteiger partial charge in [0.15, 0.2) is 11.6 Å². The van der Waals surface area contributed by atoms with Gasteiger partial charge in [-0.15, -0.1) is 11.6 Å². The van der Waals surface area contributed by atoms with Crippen LogP contribution in [0.2, 0.25) is 0 Å². The van der Waals surface area contributed by atoms with E-state index in [1.165, 1.54) is 6.33 Å². The lowest BCUT2D eigenvalue weighted by Crippen LogP contribution is -2.47. The minimum Gasteiger partial charge on any atom is -0.377 e. The second-order valence-corrected chi connectivity index (χ2v) is 3.98. The Labute approximate surface area is 98.4 Å². The number of nitrogens with zero attached hydrogens (tertiary/aromatic N) is 3. The fourth-order valence-electron chi connectivity index (χ4n) is 1.71. The van der Waals surface area contributed by atoms with Gasteiger partial charge in [0.05, 0.1) is 24.9 Å². The Morgan fingerprint density at radius 3 is 3.19 bits per heavy atom. The maximum atomic E-state index is 13.8. The van der Waals surface area contributed by atoms with Crippen molar-refractivity contribution in [3.63, 3.8) is 0 Å². The molecule has 1 unspecified atom stereocenters. The Bertz CT molecular complexity index is 377. The summed E-state index contributed by atoms with van der Waals surface area (Å²) in [5, 5.41) is 0. The highest BCUT2D eigenvalue weighted by atomic mass is 35.5. The molecule has 0 radical (unpaired) electrons. The molecule has 6 heteroatoms. The van der Waals surface area contributed by atoms with Crippen molar-refractivity contribution in [2.75, 3.05) is 30.5 Å². The summed E-state index contributed by atoms with van der Waals surface area (Å²) in [4.78, 5) is 9.64. The summed E-state index contributed by atoms with van der Waals surface area (Å²) in [6, 6.07) is -0.0285. The van der Waals surface area contributed by atoms with E-state index in [2.05, 4.69) is 9.97 Å². The van der Waals surface area contributed by atoms with Crippen molar-refractivity contribution < 1.29 is 9.13 Å². The molecule has 1 aliphatic heterocycles. The zero-order chi connectivity index (χ0) is 11.5. The van der Waals surface area contributed by atoms with Gasteiger partial charge in [-0.25, -0.2) is 14.4 Å². The van der Waals surface area contributed by atoms with Gasteiger partial charge in [0, 0.05) is 12.4 Å². The van der Waals surface area contributed by atoms with Crippen LogP contribution >= 0.6 is 11.6 Å². The van der Waals surface area contributed by atoms with Crippen LogP contribution in [-0.2, 0) is 4.74 Å². The monoisotopic (exact) mass is 245 g/mol. The number of rotatable bonds is 2. The second kappa shape index (κ2) is 4.93. The first-order valence-corrected chi connectivity index (χ1v) is 5.65. The van der Waals surface area contributed by atoms with Gasteiger partial charge in [-0.2, -0.15) is 0 Å². The predicted molar refractivity (Wildman–Crippen MR) is 59.4 cm³/mol. The number of hydrogen-bond acceptors (Lipinski definition) is 4. The Morgan fingerprint density at radius 2 is 2.44 bits per heavy atom. The van der Waals surface area contributed by atoms with E-state index in [4.69, 9.17) is 16.3 Å². The van der Waals surface area contributed by atoms with E-state index in [0.717, 1.165) is 0 Å². The van der Waals surface area contributed by atoms with Crippen LogP contribution in [0.3, 0.4) is 0 Å². The number of aryl methyl sites for hydroxylation is 1. The van der Waals surface area contributed by atoms with Gasteiger partial charge in [-0.05, 0) is 6.92 Å². The fraction of sp³-hybridized carbons (Fsp3) is 0.600. The number of halogens is 2. The van der Waals surface area contributed by atoms with Crippen molar-refractivity contribution in [1.29, 1.82) is 0 Å². The minimum atomic E-state index is -0.375. The summed E-state index contributed by atoms with van der Waals surface area (Å²) >= 11 is 5.83. The van der Waals surface area contributed by atoms with E-state index in [9.17, 15) is 4.39 Å². The molecule has 16 heavy (non-hydrogen) atoms. The molecule has 88 valence electrons. The number of alkyl halides is 1. The molecule has 1 aliphatic rings. The first-order valence-electron chi connectivity index (χ1n) is 5.11. The third-order valence-corrected chi connectivity index (χ3v) is 2.98. The average molecular weight is 246 g/mol. The molecule has 1 atom stereocenters. The molecule has 0 aromatic carbocycles. The van der Waals surface area contributed by atoms with Crippen LogP contribution in [0.25, 0.3) is 0 Å². The van der Waals surface area contributed by atoms with Gasteiger partial charge in [0.1, 0.15) is 6.33 Å². The molecular weight excluding hydrogens is 233 g/mol. The molecule has 0 spiro atoms. The molecule has 1 saturated heterocycles. The van der Waals surface area contributed by atoms with E-state index in [-0.39, 0.29) is 11.9 Å². The van der Waals surface area contributed by atoms with Gasteiger partial charge in [-0.3, -0.25) is 0 Å². The smallest absolute Gasteiger partial charge is 0.186 e. The Morgan fingerprint density at radius 1 is 1.62 bits per heavy atom. The number of morpholine rings is 1.